The van der Waals surface area contributed by atoms with Gasteiger partial charge >= 0.3 is 0 Å². The summed E-state index contributed by atoms with van der Waals surface area (Å²) in [6.07, 6.45) is -0.780. The van der Waals surface area contributed by atoms with E-state index in [0.29, 0.717) is 15.7 Å². The molecule has 0 heterocycles. The molecule has 128 valence electrons. The topological polar surface area (TPSA) is 41.1 Å². The van der Waals surface area contributed by atoms with Crippen LogP contribution in [0.1, 0.15) is 5.56 Å². The first-order valence-corrected chi connectivity index (χ1v) is 8.76. The van der Waals surface area contributed by atoms with Crippen molar-refractivity contribution < 1.29 is 4.79 Å². The van der Waals surface area contributed by atoms with Gasteiger partial charge in [0, 0.05) is 5.69 Å². The van der Waals surface area contributed by atoms with E-state index in [1.807, 2.05) is 30.3 Å². The minimum Gasteiger partial charge on any atom is -0.362 e. The molecule has 0 unspecified atom stereocenters. The molecule has 0 aliphatic heterocycles. The van der Waals surface area contributed by atoms with Crippen LogP contribution in [0.2, 0.25) is 10.0 Å². The lowest BCUT2D eigenvalue weighted by molar-refractivity contribution is -0.120. The van der Waals surface area contributed by atoms with Gasteiger partial charge < -0.3 is 10.6 Å². The van der Waals surface area contributed by atoms with Gasteiger partial charge in [-0.05, 0) is 23.8 Å². The van der Waals surface area contributed by atoms with Gasteiger partial charge in [-0.25, -0.2) is 0 Å². The van der Waals surface area contributed by atoms with Crippen molar-refractivity contribution in [2.45, 2.75) is 16.4 Å². The van der Waals surface area contributed by atoms with Crippen molar-refractivity contribution in [3.8, 4) is 0 Å². The molecule has 0 radical (unpaired) electrons. The highest BCUT2D eigenvalue weighted by atomic mass is 35.6. The van der Waals surface area contributed by atoms with Crippen molar-refractivity contribution in [2.75, 3.05) is 5.32 Å². The quantitative estimate of drug-likeness (QED) is 0.492. The number of alkyl halides is 3. The number of carbonyl (C=O) groups excluding carboxylic acids is 1. The zero-order chi connectivity index (χ0) is 17.7. The minimum absolute atomic E-state index is 0.168. The van der Waals surface area contributed by atoms with Crippen LogP contribution in [0.4, 0.5) is 5.69 Å². The Balaban J connectivity index is 2.08. The molecule has 1 atom stereocenters. The number of amides is 1. The summed E-state index contributed by atoms with van der Waals surface area (Å²) in [5.41, 5.74) is 1.41. The van der Waals surface area contributed by atoms with Gasteiger partial charge in [0.25, 0.3) is 0 Å². The molecule has 3 nitrogen and oxygen atoms in total. The van der Waals surface area contributed by atoms with Crippen LogP contribution in [0.3, 0.4) is 0 Å². The standard InChI is InChI=1S/C16H13Cl5N2O/c17-12-7-6-11(9-13(12)18)22-15(16(19,20)21)23-14(24)8-10-4-2-1-3-5-10/h1-7,9,15,22H,8H2,(H,23,24)/t15-/m0/s1. The normalized spacial score (nSPS) is 12.5. The van der Waals surface area contributed by atoms with Crippen molar-refractivity contribution in [3.05, 3.63) is 64.1 Å². The second kappa shape index (κ2) is 8.50. The van der Waals surface area contributed by atoms with Gasteiger partial charge in [0.15, 0.2) is 0 Å². The van der Waals surface area contributed by atoms with E-state index in [-0.39, 0.29) is 12.3 Å². The predicted octanol–water partition coefficient (Wildman–Crippen LogP) is 5.46. The van der Waals surface area contributed by atoms with E-state index in [0.717, 1.165) is 5.56 Å². The molecule has 1 amide bonds. The Hall–Kier alpha value is -0.840. The Morgan fingerprint density at radius 2 is 1.67 bits per heavy atom. The fourth-order valence-electron chi connectivity index (χ4n) is 1.95. The van der Waals surface area contributed by atoms with Crippen LogP contribution >= 0.6 is 58.0 Å². The number of rotatable bonds is 5. The SMILES string of the molecule is O=C(Cc1ccccc1)N[C@H](Nc1ccc(Cl)c(Cl)c1)C(Cl)(Cl)Cl. The van der Waals surface area contributed by atoms with Crippen LogP contribution in [0.25, 0.3) is 0 Å². The molecule has 2 aromatic rings. The molecular weight excluding hydrogens is 413 g/mol. The summed E-state index contributed by atoms with van der Waals surface area (Å²) in [6, 6.07) is 14.1. The van der Waals surface area contributed by atoms with Crippen LogP contribution in [0.5, 0.6) is 0 Å². The molecule has 2 N–H and O–H groups in total. The first-order chi connectivity index (χ1) is 11.3. The molecule has 0 fully saturated rings. The van der Waals surface area contributed by atoms with Crippen molar-refractivity contribution in [1.29, 1.82) is 0 Å². The van der Waals surface area contributed by atoms with Crippen LogP contribution in [0.15, 0.2) is 48.5 Å². The number of anilines is 1. The Bertz CT molecular complexity index is 703. The molecule has 2 aromatic carbocycles. The van der Waals surface area contributed by atoms with Gasteiger partial charge in [-0.2, -0.15) is 0 Å². The summed E-state index contributed by atoms with van der Waals surface area (Å²) in [7, 11) is 0. The molecular formula is C16H13Cl5N2O. The van der Waals surface area contributed by atoms with Gasteiger partial charge in [-0.3, -0.25) is 4.79 Å². The molecule has 0 bridgehead atoms. The lowest BCUT2D eigenvalue weighted by atomic mass is 10.1. The van der Waals surface area contributed by atoms with Crippen molar-refractivity contribution in [1.82, 2.24) is 5.32 Å². The summed E-state index contributed by atoms with van der Waals surface area (Å²) in [4.78, 5) is 12.2. The fraction of sp³-hybridized carbons (Fsp3) is 0.188. The minimum atomic E-state index is -1.77. The summed E-state index contributed by atoms with van der Waals surface area (Å²) in [5.74, 6) is -0.287. The summed E-state index contributed by atoms with van der Waals surface area (Å²) >= 11 is 29.7. The number of carbonyl (C=O) groups is 1. The number of benzene rings is 2. The zero-order valence-electron chi connectivity index (χ0n) is 12.2. The largest absolute Gasteiger partial charge is 0.362 e. The maximum absolute atomic E-state index is 12.2. The van der Waals surface area contributed by atoms with Crippen LogP contribution < -0.4 is 10.6 Å². The predicted molar refractivity (Wildman–Crippen MR) is 102 cm³/mol. The van der Waals surface area contributed by atoms with E-state index in [1.54, 1.807) is 18.2 Å². The molecule has 0 saturated carbocycles. The molecule has 8 heteroatoms. The third kappa shape index (κ3) is 5.91. The Labute approximate surface area is 165 Å². The van der Waals surface area contributed by atoms with Crippen molar-refractivity contribution in [2.24, 2.45) is 0 Å². The lowest BCUT2D eigenvalue weighted by Crippen LogP contribution is -2.49. The number of halogens is 5. The summed E-state index contributed by atoms with van der Waals surface area (Å²) < 4.78 is -1.77. The number of nitrogens with one attached hydrogen (secondary N) is 2. The second-order valence-corrected chi connectivity index (χ2v) is 8.16. The molecule has 0 aliphatic carbocycles. The fourth-order valence-corrected chi connectivity index (χ4v) is 2.57. The van der Waals surface area contributed by atoms with Gasteiger partial charge in [0.05, 0.1) is 16.5 Å². The monoisotopic (exact) mass is 424 g/mol. The van der Waals surface area contributed by atoms with E-state index in [9.17, 15) is 4.79 Å². The number of hydrogen-bond acceptors (Lipinski definition) is 2. The molecule has 0 aromatic heterocycles. The van der Waals surface area contributed by atoms with Crippen molar-refractivity contribution >= 4 is 69.6 Å². The maximum Gasteiger partial charge on any atom is 0.228 e. The molecule has 2 rings (SSSR count). The lowest BCUT2D eigenvalue weighted by Gasteiger charge is -2.27. The number of hydrogen-bond donors (Lipinski definition) is 2. The van der Waals surface area contributed by atoms with E-state index in [1.165, 1.54) is 0 Å². The highest BCUT2D eigenvalue weighted by Gasteiger charge is 2.34. The molecule has 0 aliphatic rings. The zero-order valence-corrected chi connectivity index (χ0v) is 16.0. The Morgan fingerprint density at radius 3 is 2.25 bits per heavy atom. The van der Waals surface area contributed by atoms with E-state index < -0.39 is 9.96 Å². The highest BCUT2D eigenvalue weighted by Crippen LogP contribution is 2.32. The van der Waals surface area contributed by atoms with E-state index in [4.69, 9.17) is 58.0 Å². The van der Waals surface area contributed by atoms with E-state index in [2.05, 4.69) is 10.6 Å². The van der Waals surface area contributed by atoms with E-state index >= 15 is 0 Å². The molecule has 0 spiro atoms. The second-order valence-electron chi connectivity index (χ2n) is 4.98. The molecule has 24 heavy (non-hydrogen) atoms. The van der Waals surface area contributed by atoms with Crippen molar-refractivity contribution in [3.63, 3.8) is 0 Å². The summed E-state index contributed by atoms with van der Waals surface area (Å²) in [6.45, 7) is 0. The van der Waals surface area contributed by atoms with Crippen LogP contribution in [-0.2, 0) is 11.2 Å². The average molecular weight is 427 g/mol. The summed E-state index contributed by atoms with van der Waals surface area (Å²) in [5, 5.41) is 6.35. The third-order valence-electron chi connectivity index (χ3n) is 3.07. The smallest absolute Gasteiger partial charge is 0.228 e. The maximum atomic E-state index is 12.2. The van der Waals surface area contributed by atoms with Gasteiger partial charge in [0.2, 0.25) is 9.70 Å². The van der Waals surface area contributed by atoms with Crippen LogP contribution in [0, 0.1) is 0 Å². The Kier molecular flexibility index (Phi) is 6.90. The third-order valence-corrected chi connectivity index (χ3v) is 4.46. The van der Waals surface area contributed by atoms with Crippen LogP contribution in [-0.4, -0.2) is 15.9 Å². The highest BCUT2D eigenvalue weighted by molar-refractivity contribution is 6.68. The van der Waals surface area contributed by atoms with Gasteiger partial charge in [0.1, 0.15) is 6.17 Å². The average Bonchev–Trinajstić information content (AvgIpc) is 2.50. The Morgan fingerprint density at radius 1 is 1.00 bits per heavy atom. The van der Waals surface area contributed by atoms with Gasteiger partial charge in [-0.1, -0.05) is 88.3 Å². The molecule has 0 saturated heterocycles. The first kappa shape index (κ1) is 19.5. The first-order valence-electron chi connectivity index (χ1n) is 6.87. The van der Waals surface area contributed by atoms with Gasteiger partial charge in [-0.15, -0.1) is 0 Å².